The van der Waals surface area contributed by atoms with E-state index in [-0.39, 0.29) is 17.8 Å². The standard InChI is InChI=1S/C20H23NO4/c1-3-24-18(22)17-16-14-7-5-6-8-15(14)21(19(23)25-4-2)20(16,17)12-11-13-9-10-13/h5-8,11-13,16-17H,3-4,9-10H2,1-2H3/b12-11+/t16-,17+,20-/m1/s1. The molecule has 3 atom stereocenters. The van der Waals surface area contributed by atoms with Gasteiger partial charge < -0.3 is 9.47 Å². The van der Waals surface area contributed by atoms with Crippen molar-refractivity contribution in [2.45, 2.75) is 38.1 Å². The molecule has 0 spiro atoms. The number of hydrogen-bond acceptors (Lipinski definition) is 4. The smallest absolute Gasteiger partial charge is 0.415 e. The molecule has 5 heteroatoms. The number of anilines is 1. The lowest BCUT2D eigenvalue weighted by molar-refractivity contribution is -0.145. The number of amides is 1. The summed E-state index contributed by atoms with van der Waals surface area (Å²) >= 11 is 0. The number of hydrogen-bond donors (Lipinski definition) is 0. The molecule has 1 amide bonds. The lowest BCUT2D eigenvalue weighted by Crippen LogP contribution is -2.43. The molecule has 3 aliphatic rings. The SMILES string of the molecule is CCOC(=O)[C@@H]1[C@H]2c3ccccc3N(C(=O)OCC)[C@@]12/C=C/C1CC1. The molecule has 132 valence electrons. The van der Waals surface area contributed by atoms with E-state index in [1.54, 1.807) is 18.7 Å². The summed E-state index contributed by atoms with van der Waals surface area (Å²) in [6.45, 7) is 4.24. The van der Waals surface area contributed by atoms with E-state index in [1.165, 1.54) is 12.8 Å². The molecule has 25 heavy (non-hydrogen) atoms. The summed E-state index contributed by atoms with van der Waals surface area (Å²) in [5, 5.41) is 0. The summed E-state index contributed by atoms with van der Waals surface area (Å²) in [5.74, 6) is -0.0908. The molecule has 0 unspecified atom stereocenters. The van der Waals surface area contributed by atoms with Gasteiger partial charge in [-0.1, -0.05) is 30.4 Å². The molecule has 0 aromatic heterocycles. The molecule has 2 saturated carbocycles. The zero-order valence-electron chi connectivity index (χ0n) is 14.6. The second kappa shape index (κ2) is 5.90. The Morgan fingerprint density at radius 2 is 1.92 bits per heavy atom. The van der Waals surface area contributed by atoms with E-state index in [0.717, 1.165) is 11.3 Å². The van der Waals surface area contributed by atoms with Gasteiger partial charge in [0.2, 0.25) is 0 Å². The Kier molecular flexibility index (Phi) is 3.82. The number of para-hydroxylation sites is 1. The van der Waals surface area contributed by atoms with Gasteiger partial charge >= 0.3 is 12.1 Å². The van der Waals surface area contributed by atoms with E-state index in [1.807, 2.05) is 24.3 Å². The zero-order chi connectivity index (χ0) is 17.6. The van der Waals surface area contributed by atoms with Crippen LogP contribution in [-0.2, 0) is 14.3 Å². The number of carbonyl (C=O) groups excluding carboxylic acids is 2. The summed E-state index contributed by atoms with van der Waals surface area (Å²) in [6.07, 6.45) is 6.17. The molecule has 2 aliphatic carbocycles. The van der Waals surface area contributed by atoms with Gasteiger partial charge in [-0.2, -0.15) is 0 Å². The quantitative estimate of drug-likeness (QED) is 0.606. The van der Waals surface area contributed by atoms with Crippen LogP contribution in [0, 0.1) is 11.8 Å². The number of fused-ring (bicyclic) bond motifs is 3. The summed E-state index contributed by atoms with van der Waals surface area (Å²) < 4.78 is 10.6. The average Bonchev–Trinajstić information content (AvgIpc) is 3.50. The Balaban J connectivity index is 1.78. The monoisotopic (exact) mass is 341 g/mol. The minimum atomic E-state index is -0.676. The predicted molar refractivity (Wildman–Crippen MR) is 93.4 cm³/mol. The highest BCUT2D eigenvalue weighted by Crippen LogP contribution is 2.70. The number of carbonyl (C=O) groups is 2. The Hall–Kier alpha value is -2.30. The van der Waals surface area contributed by atoms with Gasteiger partial charge in [0.05, 0.1) is 30.4 Å². The van der Waals surface area contributed by atoms with E-state index in [2.05, 4.69) is 12.2 Å². The van der Waals surface area contributed by atoms with Crippen LogP contribution in [0.25, 0.3) is 0 Å². The van der Waals surface area contributed by atoms with E-state index in [9.17, 15) is 9.59 Å². The van der Waals surface area contributed by atoms with E-state index in [0.29, 0.717) is 19.1 Å². The minimum Gasteiger partial charge on any atom is -0.466 e. The Morgan fingerprint density at radius 3 is 2.60 bits per heavy atom. The highest BCUT2D eigenvalue weighted by atomic mass is 16.6. The highest BCUT2D eigenvalue weighted by Gasteiger charge is 2.77. The van der Waals surface area contributed by atoms with Crippen molar-refractivity contribution in [3.05, 3.63) is 42.0 Å². The van der Waals surface area contributed by atoms with Crippen molar-refractivity contribution in [2.75, 3.05) is 18.1 Å². The maximum Gasteiger partial charge on any atom is 0.415 e. The molecule has 1 aliphatic heterocycles. The number of ether oxygens (including phenoxy) is 2. The lowest BCUT2D eigenvalue weighted by atomic mass is 10.1. The van der Waals surface area contributed by atoms with Gasteiger partial charge in [0.25, 0.3) is 0 Å². The van der Waals surface area contributed by atoms with Crippen LogP contribution in [0.5, 0.6) is 0 Å². The van der Waals surface area contributed by atoms with Crippen LogP contribution in [0.3, 0.4) is 0 Å². The Labute approximate surface area is 147 Å². The van der Waals surface area contributed by atoms with Gasteiger partial charge in [-0.25, -0.2) is 4.79 Å². The van der Waals surface area contributed by atoms with Crippen LogP contribution in [0.4, 0.5) is 10.5 Å². The molecule has 0 N–H and O–H groups in total. The number of benzene rings is 1. The van der Waals surface area contributed by atoms with Crippen molar-refractivity contribution in [2.24, 2.45) is 11.8 Å². The molecule has 1 heterocycles. The summed E-state index contributed by atoms with van der Waals surface area (Å²) in [6, 6.07) is 7.78. The number of esters is 1. The van der Waals surface area contributed by atoms with Crippen molar-refractivity contribution < 1.29 is 19.1 Å². The summed E-state index contributed by atoms with van der Waals surface area (Å²) in [7, 11) is 0. The third-order valence-electron chi connectivity index (χ3n) is 5.37. The highest BCUT2D eigenvalue weighted by molar-refractivity contribution is 6.01. The third kappa shape index (κ3) is 2.36. The van der Waals surface area contributed by atoms with Crippen molar-refractivity contribution in [3.8, 4) is 0 Å². The van der Waals surface area contributed by atoms with Crippen molar-refractivity contribution in [3.63, 3.8) is 0 Å². The third-order valence-corrected chi connectivity index (χ3v) is 5.37. The summed E-state index contributed by atoms with van der Waals surface area (Å²) in [4.78, 5) is 27.0. The first-order valence-electron chi connectivity index (χ1n) is 9.07. The molecule has 2 fully saturated rings. The first-order valence-corrected chi connectivity index (χ1v) is 9.07. The molecule has 0 bridgehead atoms. The normalized spacial score (nSPS) is 29.3. The van der Waals surface area contributed by atoms with Crippen LogP contribution >= 0.6 is 0 Å². The summed E-state index contributed by atoms with van der Waals surface area (Å²) in [5.41, 5.74) is 1.19. The zero-order valence-corrected chi connectivity index (χ0v) is 14.6. The molecule has 0 radical (unpaired) electrons. The van der Waals surface area contributed by atoms with E-state index >= 15 is 0 Å². The van der Waals surface area contributed by atoms with Crippen LogP contribution in [0.15, 0.2) is 36.4 Å². The van der Waals surface area contributed by atoms with Crippen molar-refractivity contribution in [1.82, 2.24) is 0 Å². The van der Waals surface area contributed by atoms with Gasteiger partial charge in [-0.05, 0) is 44.2 Å². The van der Waals surface area contributed by atoms with Crippen molar-refractivity contribution in [1.29, 1.82) is 0 Å². The van der Waals surface area contributed by atoms with Gasteiger partial charge in [0.15, 0.2) is 0 Å². The second-order valence-electron chi connectivity index (χ2n) is 6.88. The van der Waals surface area contributed by atoms with Gasteiger partial charge in [0, 0.05) is 5.92 Å². The van der Waals surface area contributed by atoms with E-state index in [4.69, 9.17) is 9.47 Å². The lowest BCUT2D eigenvalue weighted by Gasteiger charge is -2.28. The Morgan fingerprint density at radius 1 is 1.20 bits per heavy atom. The van der Waals surface area contributed by atoms with Gasteiger partial charge in [0.1, 0.15) is 0 Å². The Bertz CT molecular complexity index is 739. The molecular formula is C20H23NO4. The minimum absolute atomic E-state index is 0.0536. The van der Waals surface area contributed by atoms with Gasteiger partial charge in [-0.3, -0.25) is 9.69 Å². The molecule has 1 aromatic rings. The second-order valence-corrected chi connectivity index (χ2v) is 6.88. The number of rotatable bonds is 5. The fourth-order valence-corrected chi connectivity index (χ4v) is 4.13. The first kappa shape index (κ1) is 16.2. The average molecular weight is 341 g/mol. The van der Waals surface area contributed by atoms with Gasteiger partial charge in [-0.15, -0.1) is 0 Å². The largest absolute Gasteiger partial charge is 0.466 e. The maximum atomic E-state index is 12.8. The topological polar surface area (TPSA) is 55.8 Å². The van der Waals surface area contributed by atoms with Crippen LogP contribution in [0.1, 0.15) is 38.2 Å². The van der Waals surface area contributed by atoms with E-state index < -0.39 is 11.6 Å². The molecular weight excluding hydrogens is 318 g/mol. The van der Waals surface area contributed by atoms with Crippen LogP contribution < -0.4 is 4.90 Å². The van der Waals surface area contributed by atoms with Crippen LogP contribution in [0.2, 0.25) is 0 Å². The fourth-order valence-electron chi connectivity index (χ4n) is 4.13. The maximum absolute atomic E-state index is 12.8. The molecule has 4 rings (SSSR count). The number of allylic oxidation sites excluding steroid dienone is 1. The molecule has 0 saturated heterocycles. The first-order chi connectivity index (χ1) is 12.1. The fraction of sp³-hybridized carbons (Fsp3) is 0.500. The van der Waals surface area contributed by atoms with Crippen LogP contribution in [-0.4, -0.2) is 30.8 Å². The molecule has 5 nitrogen and oxygen atoms in total. The van der Waals surface area contributed by atoms with Crippen molar-refractivity contribution >= 4 is 17.7 Å². The molecule has 1 aromatic carbocycles. The predicted octanol–water partition coefficient (Wildman–Crippen LogP) is 3.64. The number of nitrogens with zero attached hydrogens (tertiary/aromatic N) is 1.